The maximum Gasteiger partial charge on any atom is 0.258 e. The summed E-state index contributed by atoms with van der Waals surface area (Å²) in [5, 5.41) is 0. The Morgan fingerprint density at radius 3 is 2.67 bits per heavy atom. The fourth-order valence-electron chi connectivity index (χ4n) is 4.78. The van der Waals surface area contributed by atoms with Crippen molar-refractivity contribution in [3.05, 3.63) is 47.5 Å². The van der Waals surface area contributed by atoms with E-state index in [1.807, 2.05) is 37.5 Å². The van der Waals surface area contributed by atoms with Crippen LogP contribution in [-0.4, -0.2) is 65.6 Å². The molecule has 30 heavy (non-hydrogen) atoms. The summed E-state index contributed by atoms with van der Waals surface area (Å²) in [6, 6.07) is 5.71. The van der Waals surface area contributed by atoms with Crippen molar-refractivity contribution in [2.75, 3.05) is 33.9 Å². The number of ether oxygens (including phenoxy) is 2. The predicted octanol–water partition coefficient (Wildman–Crippen LogP) is 2.93. The third-order valence-electron chi connectivity index (χ3n) is 6.24. The number of aromatic nitrogens is 2. The Morgan fingerprint density at radius 1 is 1.13 bits per heavy atom. The zero-order valence-corrected chi connectivity index (χ0v) is 18.0. The molecule has 0 spiro atoms. The fraction of sp³-hybridized carbons (Fsp3) is 0.522. The number of para-hydroxylation sites is 1. The van der Waals surface area contributed by atoms with Crippen LogP contribution in [0.3, 0.4) is 0 Å². The Kier molecular flexibility index (Phi) is 6.18. The van der Waals surface area contributed by atoms with Gasteiger partial charge in [0.1, 0.15) is 5.82 Å². The molecule has 3 heterocycles. The minimum absolute atomic E-state index is 0.0307. The van der Waals surface area contributed by atoms with Gasteiger partial charge in [0.15, 0.2) is 11.5 Å². The maximum atomic E-state index is 13.6. The van der Waals surface area contributed by atoms with Crippen molar-refractivity contribution in [3.8, 4) is 11.5 Å². The van der Waals surface area contributed by atoms with Crippen LogP contribution in [0.5, 0.6) is 11.5 Å². The smallest absolute Gasteiger partial charge is 0.258 e. The lowest BCUT2D eigenvalue weighted by Crippen LogP contribution is -2.44. The molecule has 160 valence electrons. The molecule has 7 heteroatoms. The number of nitrogens with zero attached hydrogens (tertiary/aromatic N) is 4. The van der Waals surface area contributed by atoms with E-state index < -0.39 is 0 Å². The van der Waals surface area contributed by atoms with Crippen molar-refractivity contribution >= 4 is 5.91 Å². The second kappa shape index (κ2) is 9.00. The summed E-state index contributed by atoms with van der Waals surface area (Å²) in [7, 11) is 3.18. The van der Waals surface area contributed by atoms with E-state index in [1.165, 1.54) is 0 Å². The van der Waals surface area contributed by atoms with E-state index in [0.717, 1.165) is 56.8 Å². The van der Waals surface area contributed by atoms with E-state index >= 15 is 0 Å². The van der Waals surface area contributed by atoms with Gasteiger partial charge < -0.3 is 14.4 Å². The molecule has 2 aliphatic rings. The number of aryl methyl sites for hydroxylation is 1. The van der Waals surface area contributed by atoms with E-state index in [4.69, 9.17) is 9.47 Å². The topological polar surface area (TPSA) is 67.8 Å². The Balaban J connectivity index is 1.55. The molecule has 1 amide bonds. The molecule has 0 bridgehead atoms. The SMILES string of the molecule is COc1cccc(C(=O)N2CCCC[C@H]3CN(Cc4cnc(C)nc4)C[C@H]32)c1OC. The van der Waals surface area contributed by atoms with Crippen molar-refractivity contribution < 1.29 is 14.3 Å². The van der Waals surface area contributed by atoms with Gasteiger partial charge >= 0.3 is 0 Å². The van der Waals surface area contributed by atoms with Crippen LogP contribution >= 0.6 is 0 Å². The molecule has 2 atom stereocenters. The second-order valence-electron chi connectivity index (χ2n) is 8.20. The average Bonchev–Trinajstić information content (AvgIpc) is 3.05. The van der Waals surface area contributed by atoms with Crippen LogP contribution < -0.4 is 9.47 Å². The van der Waals surface area contributed by atoms with Crippen LogP contribution in [0, 0.1) is 12.8 Å². The highest BCUT2D eigenvalue weighted by atomic mass is 16.5. The van der Waals surface area contributed by atoms with Crippen LogP contribution in [-0.2, 0) is 6.54 Å². The summed E-state index contributed by atoms with van der Waals surface area (Å²) in [5.74, 6) is 2.40. The highest BCUT2D eigenvalue weighted by Crippen LogP contribution is 2.35. The normalized spacial score (nSPS) is 21.8. The molecule has 4 rings (SSSR count). The first kappa shape index (κ1) is 20.6. The van der Waals surface area contributed by atoms with Crippen molar-refractivity contribution in [2.45, 2.75) is 38.8 Å². The second-order valence-corrected chi connectivity index (χ2v) is 8.20. The average molecular weight is 411 g/mol. The molecule has 7 nitrogen and oxygen atoms in total. The third kappa shape index (κ3) is 4.12. The zero-order chi connectivity index (χ0) is 21.1. The fourth-order valence-corrected chi connectivity index (χ4v) is 4.78. The van der Waals surface area contributed by atoms with Gasteiger partial charge in [0.2, 0.25) is 0 Å². The van der Waals surface area contributed by atoms with Gasteiger partial charge in [-0.05, 0) is 37.8 Å². The zero-order valence-electron chi connectivity index (χ0n) is 18.0. The van der Waals surface area contributed by atoms with Crippen LogP contribution in [0.15, 0.2) is 30.6 Å². The predicted molar refractivity (Wildman–Crippen MR) is 114 cm³/mol. The molecule has 0 N–H and O–H groups in total. The first-order valence-electron chi connectivity index (χ1n) is 10.6. The molecular weight excluding hydrogens is 380 g/mol. The molecule has 0 aliphatic carbocycles. The van der Waals surface area contributed by atoms with Crippen molar-refractivity contribution in [3.63, 3.8) is 0 Å². The largest absolute Gasteiger partial charge is 0.493 e. The van der Waals surface area contributed by atoms with E-state index in [-0.39, 0.29) is 11.9 Å². The number of fused-ring (bicyclic) bond motifs is 1. The molecule has 2 fully saturated rings. The molecule has 2 aromatic rings. The minimum atomic E-state index is 0.0307. The summed E-state index contributed by atoms with van der Waals surface area (Å²) in [4.78, 5) is 26.7. The number of carbonyl (C=O) groups excluding carboxylic acids is 1. The van der Waals surface area contributed by atoms with Gasteiger partial charge in [-0.15, -0.1) is 0 Å². The van der Waals surface area contributed by atoms with Gasteiger partial charge in [0, 0.05) is 50.2 Å². The number of amides is 1. The van der Waals surface area contributed by atoms with Gasteiger partial charge in [0.25, 0.3) is 5.91 Å². The molecular formula is C23H30N4O3. The quantitative estimate of drug-likeness (QED) is 0.755. The van der Waals surface area contributed by atoms with E-state index in [2.05, 4.69) is 19.8 Å². The molecule has 1 aromatic heterocycles. The molecule has 2 saturated heterocycles. The summed E-state index contributed by atoms with van der Waals surface area (Å²) in [6.45, 7) is 5.36. The monoisotopic (exact) mass is 410 g/mol. The van der Waals surface area contributed by atoms with E-state index in [1.54, 1.807) is 14.2 Å². The van der Waals surface area contributed by atoms with Gasteiger partial charge in [0.05, 0.1) is 19.8 Å². The Morgan fingerprint density at radius 2 is 1.93 bits per heavy atom. The first-order chi connectivity index (χ1) is 14.6. The summed E-state index contributed by atoms with van der Waals surface area (Å²) < 4.78 is 10.9. The summed E-state index contributed by atoms with van der Waals surface area (Å²) in [6.07, 6.45) is 7.16. The van der Waals surface area contributed by atoms with Gasteiger partial charge in [-0.3, -0.25) is 9.69 Å². The van der Waals surface area contributed by atoms with Crippen molar-refractivity contribution in [1.29, 1.82) is 0 Å². The molecule has 0 unspecified atom stereocenters. The highest BCUT2D eigenvalue weighted by Gasteiger charge is 2.40. The van der Waals surface area contributed by atoms with E-state index in [9.17, 15) is 4.79 Å². The molecule has 1 aromatic carbocycles. The van der Waals surface area contributed by atoms with Crippen molar-refractivity contribution in [2.24, 2.45) is 5.92 Å². The molecule has 2 aliphatic heterocycles. The standard InChI is InChI=1S/C23H30N4O3/c1-16-24-11-17(12-25-16)13-26-14-18-7-4-5-10-27(20(18)15-26)23(28)19-8-6-9-21(29-2)22(19)30-3/h6,8-9,11-12,18,20H,4-5,7,10,13-15H2,1-3H3/t18-,20+/m0/s1. The molecule has 0 radical (unpaired) electrons. The maximum absolute atomic E-state index is 13.6. The van der Waals surface area contributed by atoms with Gasteiger partial charge in [-0.2, -0.15) is 0 Å². The summed E-state index contributed by atoms with van der Waals surface area (Å²) in [5.41, 5.74) is 1.69. The third-order valence-corrected chi connectivity index (χ3v) is 6.24. The minimum Gasteiger partial charge on any atom is -0.493 e. The number of hydrogen-bond donors (Lipinski definition) is 0. The highest BCUT2D eigenvalue weighted by molar-refractivity contribution is 5.98. The lowest BCUT2D eigenvalue weighted by atomic mass is 9.98. The number of methoxy groups -OCH3 is 2. The summed E-state index contributed by atoms with van der Waals surface area (Å²) >= 11 is 0. The lowest BCUT2D eigenvalue weighted by molar-refractivity contribution is 0.0659. The van der Waals surface area contributed by atoms with Crippen LogP contribution in [0.4, 0.5) is 0 Å². The number of hydrogen-bond acceptors (Lipinski definition) is 6. The Labute approximate surface area is 178 Å². The van der Waals surface area contributed by atoms with Gasteiger partial charge in [-0.25, -0.2) is 9.97 Å². The van der Waals surface area contributed by atoms with Crippen LogP contribution in [0.25, 0.3) is 0 Å². The number of likely N-dealkylation sites (tertiary alicyclic amines) is 2. The first-order valence-corrected chi connectivity index (χ1v) is 10.6. The molecule has 0 saturated carbocycles. The van der Waals surface area contributed by atoms with Gasteiger partial charge in [-0.1, -0.05) is 12.5 Å². The Bertz CT molecular complexity index is 887. The number of benzene rings is 1. The van der Waals surface area contributed by atoms with Crippen LogP contribution in [0.1, 0.15) is 41.0 Å². The number of carbonyl (C=O) groups is 1. The van der Waals surface area contributed by atoms with Crippen molar-refractivity contribution in [1.82, 2.24) is 19.8 Å². The van der Waals surface area contributed by atoms with E-state index in [0.29, 0.717) is 23.0 Å². The number of rotatable bonds is 5. The van der Waals surface area contributed by atoms with Crippen LogP contribution in [0.2, 0.25) is 0 Å². The Hall–Kier alpha value is -2.67. The lowest BCUT2D eigenvalue weighted by Gasteiger charge is -2.31.